The number of anilines is 1. The number of thiazole rings is 1. The molecule has 0 atom stereocenters. The van der Waals surface area contributed by atoms with Gasteiger partial charge in [-0.2, -0.15) is 4.89 Å². The number of carbonyl (C=O) groups excluding carboxylic acids is 2. The molecule has 0 aliphatic heterocycles. The molecule has 0 aliphatic carbocycles. The summed E-state index contributed by atoms with van der Waals surface area (Å²) in [5.41, 5.74) is 0.932. The SMILES string of the molecule is CCC=C(C(=O)OOCc1ccccc1)c1csc(NC(=O)OC(C)(C)C)n1. The number of aromatic nitrogens is 1. The zero-order valence-electron chi connectivity index (χ0n) is 16.4. The number of nitrogens with one attached hydrogen (secondary N) is 1. The summed E-state index contributed by atoms with van der Waals surface area (Å²) in [6, 6.07) is 9.37. The first-order chi connectivity index (χ1) is 13.3. The van der Waals surface area contributed by atoms with Crippen LogP contribution in [0.3, 0.4) is 0 Å². The summed E-state index contributed by atoms with van der Waals surface area (Å²) in [6.07, 6.45) is 1.69. The number of hydrogen-bond acceptors (Lipinski definition) is 7. The van der Waals surface area contributed by atoms with Gasteiger partial charge in [0, 0.05) is 5.38 Å². The Balaban J connectivity index is 1.97. The van der Waals surface area contributed by atoms with Gasteiger partial charge in [0.1, 0.15) is 12.2 Å². The predicted molar refractivity (Wildman–Crippen MR) is 108 cm³/mol. The summed E-state index contributed by atoms with van der Waals surface area (Å²) in [5, 5.41) is 4.54. The molecule has 1 aromatic carbocycles. The molecule has 150 valence electrons. The monoisotopic (exact) mass is 404 g/mol. The molecule has 1 N–H and O–H groups in total. The molecular formula is C20H24N2O5S. The lowest BCUT2D eigenvalue weighted by molar-refractivity contribution is -0.274. The normalized spacial score (nSPS) is 11.8. The summed E-state index contributed by atoms with van der Waals surface area (Å²) in [4.78, 5) is 38.5. The molecule has 1 heterocycles. The van der Waals surface area contributed by atoms with Crippen LogP contribution in [0, 0.1) is 0 Å². The first-order valence-corrected chi connectivity index (χ1v) is 9.70. The summed E-state index contributed by atoms with van der Waals surface area (Å²) >= 11 is 1.18. The number of ether oxygens (including phenoxy) is 1. The molecule has 0 saturated carbocycles. The zero-order valence-corrected chi connectivity index (χ0v) is 17.2. The van der Waals surface area contributed by atoms with Gasteiger partial charge in [-0.3, -0.25) is 10.2 Å². The molecule has 2 aromatic rings. The van der Waals surface area contributed by atoms with Crippen LogP contribution in [0.15, 0.2) is 41.8 Å². The van der Waals surface area contributed by atoms with Crippen LogP contribution in [-0.2, 0) is 25.9 Å². The first kappa shape index (κ1) is 21.6. The van der Waals surface area contributed by atoms with Crippen molar-refractivity contribution in [3.63, 3.8) is 0 Å². The molecule has 0 radical (unpaired) electrons. The highest BCUT2D eigenvalue weighted by molar-refractivity contribution is 7.14. The molecule has 0 unspecified atom stereocenters. The van der Waals surface area contributed by atoms with Crippen LogP contribution in [0.5, 0.6) is 0 Å². The fraction of sp³-hybridized carbons (Fsp3) is 0.350. The maximum Gasteiger partial charge on any atom is 0.413 e. The molecule has 1 aromatic heterocycles. The molecule has 0 spiro atoms. The van der Waals surface area contributed by atoms with Crippen LogP contribution in [0.4, 0.5) is 9.93 Å². The molecule has 2 rings (SSSR count). The molecule has 7 nitrogen and oxygen atoms in total. The Labute approximate surface area is 168 Å². The van der Waals surface area contributed by atoms with Gasteiger partial charge in [0.2, 0.25) is 0 Å². The number of nitrogens with zero attached hydrogens (tertiary/aromatic N) is 1. The van der Waals surface area contributed by atoms with E-state index in [1.807, 2.05) is 37.3 Å². The van der Waals surface area contributed by atoms with Crippen molar-refractivity contribution in [1.29, 1.82) is 0 Å². The lowest BCUT2D eigenvalue weighted by Crippen LogP contribution is -2.27. The summed E-state index contributed by atoms with van der Waals surface area (Å²) < 4.78 is 5.19. The average molecular weight is 404 g/mol. The smallest absolute Gasteiger partial charge is 0.413 e. The molecule has 0 fully saturated rings. The lowest BCUT2D eigenvalue weighted by atomic mass is 10.2. The topological polar surface area (TPSA) is 86.8 Å². The van der Waals surface area contributed by atoms with Gasteiger partial charge in [0.25, 0.3) is 0 Å². The highest BCUT2D eigenvalue weighted by Gasteiger charge is 2.20. The van der Waals surface area contributed by atoms with E-state index in [-0.39, 0.29) is 12.2 Å². The lowest BCUT2D eigenvalue weighted by Gasteiger charge is -2.18. The van der Waals surface area contributed by atoms with E-state index in [1.165, 1.54) is 11.3 Å². The third kappa shape index (κ3) is 7.13. The van der Waals surface area contributed by atoms with E-state index in [9.17, 15) is 9.59 Å². The van der Waals surface area contributed by atoms with E-state index in [0.29, 0.717) is 17.2 Å². The fourth-order valence-electron chi connectivity index (χ4n) is 2.11. The third-order valence-corrected chi connectivity index (χ3v) is 3.98. The van der Waals surface area contributed by atoms with Crippen molar-refractivity contribution in [2.75, 3.05) is 5.32 Å². The highest BCUT2D eigenvalue weighted by Crippen LogP contribution is 2.24. The van der Waals surface area contributed by atoms with Gasteiger partial charge in [-0.15, -0.1) is 11.3 Å². The number of allylic oxidation sites excluding steroid dienone is 1. The zero-order chi connectivity index (χ0) is 20.6. The van der Waals surface area contributed by atoms with E-state index in [4.69, 9.17) is 14.5 Å². The highest BCUT2D eigenvalue weighted by atomic mass is 32.1. The Bertz CT molecular complexity index is 825. The summed E-state index contributed by atoms with van der Waals surface area (Å²) in [7, 11) is 0. The van der Waals surface area contributed by atoms with Gasteiger partial charge in [-0.1, -0.05) is 43.3 Å². The van der Waals surface area contributed by atoms with E-state index < -0.39 is 17.7 Å². The van der Waals surface area contributed by atoms with Gasteiger partial charge in [-0.25, -0.2) is 14.6 Å². The Hall–Kier alpha value is -2.71. The fourth-order valence-corrected chi connectivity index (χ4v) is 2.81. The Kier molecular flexibility index (Phi) is 7.71. The number of benzene rings is 1. The van der Waals surface area contributed by atoms with E-state index >= 15 is 0 Å². The van der Waals surface area contributed by atoms with Gasteiger partial charge in [0.15, 0.2) is 5.13 Å². The minimum atomic E-state index is -0.646. The summed E-state index contributed by atoms with van der Waals surface area (Å²) in [6.45, 7) is 7.35. The van der Waals surface area contributed by atoms with Crippen LogP contribution >= 0.6 is 11.3 Å². The number of amides is 1. The Morgan fingerprint density at radius 2 is 1.93 bits per heavy atom. The predicted octanol–water partition coefficient (Wildman–Crippen LogP) is 4.96. The molecule has 0 bridgehead atoms. The number of rotatable bonds is 7. The summed E-state index contributed by atoms with van der Waals surface area (Å²) in [5.74, 6) is -0.646. The maximum absolute atomic E-state index is 12.4. The van der Waals surface area contributed by atoms with Crippen molar-refractivity contribution in [2.24, 2.45) is 0 Å². The van der Waals surface area contributed by atoms with Crippen LogP contribution in [-0.4, -0.2) is 22.6 Å². The van der Waals surface area contributed by atoms with Crippen LogP contribution in [0.25, 0.3) is 5.57 Å². The molecule has 0 saturated heterocycles. The van der Waals surface area contributed by atoms with Crippen molar-refractivity contribution in [2.45, 2.75) is 46.3 Å². The Morgan fingerprint density at radius 1 is 1.21 bits per heavy atom. The minimum absolute atomic E-state index is 0.147. The average Bonchev–Trinajstić information content (AvgIpc) is 3.06. The van der Waals surface area contributed by atoms with Crippen LogP contribution in [0.2, 0.25) is 0 Å². The number of carbonyl (C=O) groups is 2. The van der Waals surface area contributed by atoms with Gasteiger partial charge < -0.3 is 4.74 Å². The third-order valence-electron chi connectivity index (χ3n) is 3.22. The van der Waals surface area contributed by atoms with E-state index in [0.717, 1.165) is 5.56 Å². The first-order valence-electron chi connectivity index (χ1n) is 8.82. The largest absolute Gasteiger partial charge is 0.444 e. The maximum atomic E-state index is 12.4. The van der Waals surface area contributed by atoms with Crippen LogP contribution in [0.1, 0.15) is 45.4 Å². The van der Waals surface area contributed by atoms with Crippen LogP contribution < -0.4 is 5.32 Å². The van der Waals surface area contributed by atoms with E-state index in [1.54, 1.807) is 32.2 Å². The van der Waals surface area contributed by atoms with Gasteiger partial charge in [-0.05, 0) is 32.8 Å². The van der Waals surface area contributed by atoms with Gasteiger partial charge in [0.05, 0.1) is 11.3 Å². The van der Waals surface area contributed by atoms with Crippen molar-refractivity contribution >= 4 is 34.1 Å². The second-order valence-electron chi connectivity index (χ2n) is 6.81. The van der Waals surface area contributed by atoms with Crippen molar-refractivity contribution in [3.8, 4) is 0 Å². The van der Waals surface area contributed by atoms with Crippen molar-refractivity contribution < 1.29 is 24.1 Å². The minimum Gasteiger partial charge on any atom is -0.444 e. The molecule has 8 heteroatoms. The standard InChI is InChI=1S/C20H24N2O5S/c1-5-9-15(17(23)27-25-12-14-10-7-6-8-11-14)16-13-28-18(21-16)22-19(24)26-20(2,3)4/h6-11,13H,5,12H2,1-4H3,(H,21,22,24). The van der Waals surface area contributed by atoms with E-state index in [2.05, 4.69) is 10.3 Å². The quantitative estimate of drug-likeness (QED) is 0.399. The second kappa shape index (κ2) is 10.0. The molecule has 28 heavy (non-hydrogen) atoms. The molecule has 1 amide bonds. The second-order valence-corrected chi connectivity index (χ2v) is 7.67. The molecule has 0 aliphatic rings. The van der Waals surface area contributed by atoms with Gasteiger partial charge >= 0.3 is 12.1 Å². The van der Waals surface area contributed by atoms with Crippen molar-refractivity contribution in [1.82, 2.24) is 4.98 Å². The number of hydrogen-bond donors (Lipinski definition) is 1. The van der Waals surface area contributed by atoms with Crippen molar-refractivity contribution in [3.05, 3.63) is 53.0 Å². The molecular weight excluding hydrogens is 380 g/mol. The Morgan fingerprint density at radius 3 is 2.57 bits per heavy atom.